The first kappa shape index (κ1) is 20.4. The SMILES string of the molecule is CC(C)C(NC(=O)c1c(F)cccc1F)C(=O)Nc1ccc(N(C)C)cc1. The van der Waals surface area contributed by atoms with Crippen LogP contribution in [0.1, 0.15) is 24.2 Å². The molecule has 0 aliphatic rings. The van der Waals surface area contributed by atoms with E-state index in [0.29, 0.717) is 5.69 Å². The highest BCUT2D eigenvalue weighted by molar-refractivity contribution is 6.01. The molecule has 0 aliphatic carbocycles. The molecule has 1 atom stereocenters. The van der Waals surface area contributed by atoms with Gasteiger partial charge in [0, 0.05) is 25.5 Å². The van der Waals surface area contributed by atoms with Crippen molar-refractivity contribution >= 4 is 23.2 Å². The molecule has 2 aromatic rings. The van der Waals surface area contributed by atoms with Crippen molar-refractivity contribution in [3.8, 4) is 0 Å². The molecule has 2 aromatic carbocycles. The van der Waals surface area contributed by atoms with Gasteiger partial charge in [0.25, 0.3) is 5.91 Å². The molecule has 7 heteroatoms. The third-order valence-electron chi connectivity index (χ3n) is 4.08. The average molecular weight is 375 g/mol. The standard InChI is InChI=1S/C20H23F2N3O2/c1-12(2)18(24-19(26)17-15(21)6-5-7-16(17)22)20(27)23-13-8-10-14(11-9-13)25(3)4/h5-12,18H,1-4H3,(H,23,27)(H,24,26). The van der Waals surface area contributed by atoms with Gasteiger partial charge in [-0.25, -0.2) is 8.78 Å². The van der Waals surface area contributed by atoms with Crippen molar-refractivity contribution in [2.24, 2.45) is 5.92 Å². The van der Waals surface area contributed by atoms with E-state index >= 15 is 0 Å². The Morgan fingerprint density at radius 3 is 2.00 bits per heavy atom. The summed E-state index contributed by atoms with van der Waals surface area (Å²) in [6.07, 6.45) is 0. The second kappa shape index (κ2) is 8.62. The summed E-state index contributed by atoms with van der Waals surface area (Å²) in [5.41, 5.74) is 0.825. The molecule has 2 amide bonds. The molecule has 0 saturated heterocycles. The Bertz CT molecular complexity index is 800. The second-order valence-corrected chi connectivity index (χ2v) is 6.72. The summed E-state index contributed by atoms with van der Waals surface area (Å²) in [5, 5.41) is 5.14. The molecular formula is C20H23F2N3O2. The molecule has 5 nitrogen and oxygen atoms in total. The molecule has 2 N–H and O–H groups in total. The first-order chi connectivity index (χ1) is 12.7. The van der Waals surface area contributed by atoms with E-state index in [1.165, 1.54) is 6.07 Å². The van der Waals surface area contributed by atoms with Crippen LogP contribution in [0.25, 0.3) is 0 Å². The lowest BCUT2D eigenvalue weighted by Gasteiger charge is -2.22. The number of hydrogen-bond donors (Lipinski definition) is 2. The fraction of sp³-hybridized carbons (Fsp3) is 0.300. The van der Waals surface area contributed by atoms with Gasteiger partial charge in [-0.3, -0.25) is 9.59 Å². The second-order valence-electron chi connectivity index (χ2n) is 6.72. The van der Waals surface area contributed by atoms with Crippen molar-refractivity contribution in [3.05, 3.63) is 59.7 Å². The summed E-state index contributed by atoms with van der Waals surface area (Å²) < 4.78 is 27.6. The minimum Gasteiger partial charge on any atom is -0.378 e. The van der Waals surface area contributed by atoms with Gasteiger partial charge in [-0.2, -0.15) is 0 Å². The molecule has 144 valence electrons. The van der Waals surface area contributed by atoms with Crippen LogP contribution in [0, 0.1) is 17.6 Å². The third kappa shape index (κ3) is 5.03. The summed E-state index contributed by atoms with van der Waals surface area (Å²) in [6, 6.07) is 9.37. The fourth-order valence-corrected chi connectivity index (χ4v) is 2.53. The van der Waals surface area contributed by atoms with Crippen molar-refractivity contribution in [2.75, 3.05) is 24.3 Å². The first-order valence-electron chi connectivity index (χ1n) is 8.54. The zero-order chi connectivity index (χ0) is 20.1. The minimum absolute atomic E-state index is 0.287. The maximum Gasteiger partial charge on any atom is 0.257 e. The number of carbonyl (C=O) groups excluding carboxylic acids is 2. The smallest absolute Gasteiger partial charge is 0.257 e. The molecule has 0 radical (unpaired) electrons. The number of anilines is 2. The number of amides is 2. The summed E-state index contributed by atoms with van der Waals surface area (Å²) in [6.45, 7) is 3.47. The summed E-state index contributed by atoms with van der Waals surface area (Å²) in [7, 11) is 3.81. The van der Waals surface area contributed by atoms with Crippen molar-refractivity contribution in [3.63, 3.8) is 0 Å². The van der Waals surface area contributed by atoms with E-state index in [4.69, 9.17) is 0 Å². The van der Waals surface area contributed by atoms with Gasteiger partial charge in [-0.05, 0) is 42.3 Å². The Morgan fingerprint density at radius 2 is 1.52 bits per heavy atom. The van der Waals surface area contributed by atoms with Crippen molar-refractivity contribution in [2.45, 2.75) is 19.9 Å². The molecule has 2 rings (SSSR count). The number of nitrogens with zero attached hydrogens (tertiary/aromatic N) is 1. The van der Waals surface area contributed by atoms with E-state index in [2.05, 4.69) is 10.6 Å². The molecule has 1 unspecified atom stereocenters. The Labute approximate surface area is 157 Å². The highest BCUT2D eigenvalue weighted by atomic mass is 19.1. The van der Waals surface area contributed by atoms with E-state index in [1.807, 2.05) is 31.1 Å². The largest absolute Gasteiger partial charge is 0.378 e. The van der Waals surface area contributed by atoms with Crippen molar-refractivity contribution in [1.82, 2.24) is 5.32 Å². The normalized spacial score (nSPS) is 11.8. The number of halogens is 2. The Balaban J connectivity index is 2.14. The monoisotopic (exact) mass is 375 g/mol. The van der Waals surface area contributed by atoms with Crippen LogP contribution < -0.4 is 15.5 Å². The summed E-state index contributed by atoms with van der Waals surface area (Å²) in [4.78, 5) is 26.8. The van der Waals surface area contributed by atoms with E-state index in [0.717, 1.165) is 17.8 Å². The van der Waals surface area contributed by atoms with Crippen molar-refractivity contribution < 1.29 is 18.4 Å². The molecular weight excluding hydrogens is 352 g/mol. The number of carbonyl (C=O) groups is 2. The van der Waals surface area contributed by atoms with Gasteiger partial charge in [0.05, 0.1) is 0 Å². The number of nitrogens with one attached hydrogen (secondary N) is 2. The van der Waals surface area contributed by atoms with Crippen LogP contribution in [0.4, 0.5) is 20.2 Å². The van der Waals surface area contributed by atoms with Crippen LogP contribution >= 0.6 is 0 Å². The maximum atomic E-state index is 13.8. The van der Waals surface area contributed by atoms with Gasteiger partial charge in [0.15, 0.2) is 0 Å². The van der Waals surface area contributed by atoms with E-state index in [9.17, 15) is 18.4 Å². The molecule has 27 heavy (non-hydrogen) atoms. The lowest BCUT2D eigenvalue weighted by atomic mass is 10.0. The van der Waals surface area contributed by atoms with E-state index in [1.54, 1.807) is 26.0 Å². The molecule has 0 bridgehead atoms. The highest BCUT2D eigenvalue weighted by Gasteiger charge is 2.27. The molecule has 0 heterocycles. The third-order valence-corrected chi connectivity index (χ3v) is 4.08. The first-order valence-corrected chi connectivity index (χ1v) is 8.54. The Hall–Kier alpha value is -2.96. The Kier molecular flexibility index (Phi) is 6.50. The Morgan fingerprint density at radius 1 is 0.963 bits per heavy atom. The van der Waals surface area contributed by atoms with Gasteiger partial charge in [0.1, 0.15) is 23.2 Å². The van der Waals surface area contributed by atoms with Gasteiger partial charge in [0.2, 0.25) is 5.91 Å². The fourth-order valence-electron chi connectivity index (χ4n) is 2.53. The lowest BCUT2D eigenvalue weighted by molar-refractivity contribution is -0.118. The predicted molar refractivity (Wildman–Crippen MR) is 102 cm³/mol. The van der Waals surface area contributed by atoms with Crippen LogP contribution in [-0.2, 0) is 4.79 Å². The average Bonchev–Trinajstić information content (AvgIpc) is 2.59. The summed E-state index contributed by atoms with van der Waals surface area (Å²) in [5.74, 6) is -3.68. The molecule has 0 fully saturated rings. The number of benzene rings is 2. The van der Waals surface area contributed by atoms with Crippen LogP contribution in [0.5, 0.6) is 0 Å². The van der Waals surface area contributed by atoms with Gasteiger partial charge in [-0.1, -0.05) is 19.9 Å². The van der Waals surface area contributed by atoms with Crippen LogP contribution in [0.2, 0.25) is 0 Å². The van der Waals surface area contributed by atoms with Crippen LogP contribution in [0.3, 0.4) is 0 Å². The molecule has 0 saturated carbocycles. The predicted octanol–water partition coefficient (Wildman–Crippen LogP) is 3.42. The van der Waals surface area contributed by atoms with Gasteiger partial charge in [-0.15, -0.1) is 0 Å². The molecule has 0 aromatic heterocycles. The topological polar surface area (TPSA) is 61.4 Å². The zero-order valence-electron chi connectivity index (χ0n) is 15.7. The van der Waals surface area contributed by atoms with Crippen LogP contribution in [-0.4, -0.2) is 32.0 Å². The van der Waals surface area contributed by atoms with E-state index < -0.39 is 35.1 Å². The van der Waals surface area contributed by atoms with Gasteiger partial charge >= 0.3 is 0 Å². The number of rotatable bonds is 6. The lowest BCUT2D eigenvalue weighted by Crippen LogP contribution is -2.47. The molecule has 0 spiro atoms. The minimum atomic E-state index is -0.977. The van der Waals surface area contributed by atoms with Gasteiger partial charge < -0.3 is 15.5 Å². The van der Waals surface area contributed by atoms with Crippen LogP contribution in [0.15, 0.2) is 42.5 Å². The highest BCUT2D eigenvalue weighted by Crippen LogP contribution is 2.17. The quantitative estimate of drug-likeness (QED) is 0.813. The number of hydrogen-bond acceptors (Lipinski definition) is 3. The van der Waals surface area contributed by atoms with E-state index in [-0.39, 0.29) is 5.92 Å². The molecule has 0 aliphatic heterocycles. The summed E-state index contributed by atoms with van der Waals surface area (Å²) >= 11 is 0. The zero-order valence-corrected chi connectivity index (χ0v) is 15.7. The maximum absolute atomic E-state index is 13.8. The van der Waals surface area contributed by atoms with Crippen molar-refractivity contribution in [1.29, 1.82) is 0 Å².